The van der Waals surface area contributed by atoms with Crippen LogP contribution in [0.4, 0.5) is 11.4 Å². The van der Waals surface area contributed by atoms with Gasteiger partial charge in [0.15, 0.2) is 0 Å². The van der Waals surface area contributed by atoms with E-state index in [0.717, 1.165) is 62.8 Å². The molecule has 19 heteroatoms. The number of aliphatic hydroxyl groups excluding tert-OH is 2. The summed E-state index contributed by atoms with van der Waals surface area (Å²) >= 11 is 0. The quantitative estimate of drug-likeness (QED) is 0.112. The summed E-state index contributed by atoms with van der Waals surface area (Å²) in [4.78, 5) is 67.7. The van der Waals surface area contributed by atoms with Gasteiger partial charge < -0.3 is 41.5 Å². The number of rotatable bonds is 6. The molecule has 4 aromatic rings. The molecule has 0 radical (unpaired) electrons. The number of carboxylic acid groups (broad SMARTS) is 2. The smallest absolute Gasteiger partial charge is 0.545 e. The Balaban J connectivity index is -0.000000530. The maximum Gasteiger partial charge on any atom is 2.00 e. The largest absolute Gasteiger partial charge is 2.00 e. The van der Waals surface area contributed by atoms with E-state index >= 15 is 0 Å². The third-order valence-corrected chi connectivity index (χ3v) is 4.56. The molecule has 6 N–H and O–H groups in total. The zero-order valence-electron chi connectivity index (χ0n) is 24.9. The van der Waals surface area contributed by atoms with E-state index in [1.54, 1.807) is 24.3 Å². The van der Waals surface area contributed by atoms with E-state index in [1.165, 1.54) is 24.8 Å². The molecule has 2 aromatic carbocycles. The molecule has 2 heterocycles. The minimum Gasteiger partial charge on any atom is -0.545 e. The molecular formula is C28H28N6O12Zn. The Morgan fingerprint density at radius 3 is 0.915 bits per heavy atom. The normalized spacial score (nSPS) is 8.43. The summed E-state index contributed by atoms with van der Waals surface area (Å²) in [6.45, 7) is 0. The maximum absolute atomic E-state index is 10.4. The maximum atomic E-state index is 10.4. The number of benzene rings is 2. The SMILES string of the molecule is CO.CO.NC(=O)c1ccncc1.NC(=O)c1ccncc1.O=C([O-])c1ccc([N+](=O)[O-])cc1.O=C([O-])c1ccc([N+](=O)[O-])cc1.[Zn+2]. The zero-order chi connectivity index (χ0) is 35.7. The number of carbonyl (C=O) groups excluding carboxylic acids is 4. The van der Waals surface area contributed by atoms with Crippen LogP contribution in [0.5, 0.6) is 0 Å². The number of nitro groups is 2. The van der Waals surface area contributed by atoms with Crippen LogP contribution in [-0.2, 0) is 19.5 Å². The Morgan fingerprint density at radius 2 is 0.766 bits per heavy atom. The number of amides is 2. The van der Waals surface area contributed by atoms with Crippen LogP contribution < -0.4 is 21.7 Å². The number of nitrogens with two attached hydrogens (primary N) is 2. The van der Waals surface area contributed by atoms with Gasteiger partial charge in [-0.15, -0.1) is 0 Å². The summed E-state index contributed by atoms with van der Waals surface area (Å²) in [5, 5.41) is 54.7. The van der Waals surface area contributed by atoms with Gasteiger partial charge in [0.2, 0.25) is 11.8 Å². The van der Waals surface area contributed by atoms with Gasteiger partial charge in [0.05, 0.1) is 21.8 Å². The number of aliphatic hydroxyl groups is 2. The molecule has 0 bridgehead atoms. The van der Waals surface area contributed by atoms with Crippen LogP contribution in [0.3, 0.4) is 0 Å². The predicted octanol–water partition coefficient (Wildman–Crippen LogP) is -0.508. The van der Waals surface area contributed by atoms with Gasteiger partial charge in [-0.1, -0.05) is 0 Å². The molecule has 0 aliphatic heterocycles. The second kappa shape index (κ2) is 26.4. The van der Waals surface area contributed by atoms with Crippen molar-refractivity contribution in [3.63, 3.8) is 0 Å². The Hall–Kier alpha value is -6.04. The number of aromatic nitrogens is 2. The van der Waals surface area contributed by atoms with Gasteiger partial charge in [0.1, 0.15) is 0 Å². The second-order valence-electron chi connectivity index (χ2n) is 7.38. The molecule has 0 unspecified atom stereocenters. The van der Waals surface area contributed by atoms with E-state index in [-0.39, 0.29) is 42.0 Å². The van der Waals surface area contributed by atoms with Crippen LogP contribution in [0.15, 0.2) is 97.6 Å². The van der Waals surface area contributed by atoms with Gasteiger partial charge in [0, 0.05) is 74.4 Å². The molecule has 2 amide bonds. The van der Waals surface area contributed by atoms with Crippen LogP contribution in [-0.4, -0.2) is 68.0 Å². The Labute approximate surface area is 279 Å². The van der Waals surface area contributed by atoms with Crippen molar-refractivity contribution >= 4 is 35.1 Å². The number of hydrogen-bond donors (Lipinski definition) is 4. The molecule has 2 aromatic heterocycles. The second-order valence-corrected chi connectivity index (χ2v) is 7.38. The van der Waals surface area contributed by atoms with Crippen LogP contribution in [0.1, 0.15) is 41.4 Å². The number of pyridine rings is 2. The monoisotopic (exact) mass is 704 g/mol. The van der Waals surface area contributed by atoms with Crippen molar-refractivity contribution in [3.8, 4) is 0 Å². The van der Waals surface area contributed by atoms with Crippen molar-refractivity contribution in [2.45, 2.75) is 0 Å². The van der Waals surface area contributed by atoms with Crippen LogP contribution >= 0.6 is 0 Å². The molecule has 0 aliphatic carbocycles. The molecule has 47 heavy (non-hydrogen) atoms. The average molecular weight is 706 g/mol. The van der Waals surface area contributed by atoms with Gasteiger partial charge >= 0.3 is 19.5 Å². The van der Waals surface area contributed by atoms with Crippen molar-refractivity contribution in [2.24, 2.45) is 11.5 Å². The Kier molecular flexibility index (Phi) is 25.5. The van der Waals surface area contributed by atoms with Gasteiger partial charge in [-0.05, 0) is 59.7 Å². The number of primary amides is 2. The van der Waals surface area contributed by atoms with E-state index in [1.807, 2.05) is 0 Å². The fourth-order valence-corrected chi connectivity index (χ4v) is 2.47. The van der Waals surface area contributed by atoms with Crippen molar-refractivity contribution in [1.29, 1.82) is 0 Å². The molecule has 0 spiro atoms. The summed E-state index contributed by atoms with van der Waals surface area (Å²) in [5.41, 5.74) is 10.5. The summed E-state index contributed by atoms with van der Waals surface area (Å²) in [7, 11) is 2.00. The van der Waals surface area contributed by atoms with E-state index in [4.69, 9.17) is 21.7 Å². The molecule has 4 rings (SSSR count). The fraction of sp³-hybridized carbons (Fsp3) is 0.0714. The third kappa shape index (κ3) is 19.8. The molecule has 18 nitrogen and oxygen atoms in total. The number of aromatic carboxylic acids is 2. The van der Waals surface area contributed by atoms with E-state index in [2.05, 4.69) is 9.97 Å². The van der Waals surface area contributed by atoms with E-state index in [0.29, 0.717) is 11.1 Å². The zero-order valence-corrected chi connectivity index (χ0v) is 27.8. The number of carbonyl (C=O) groups is 4. The van der Waals surface area contributed by atoms with Crippen molar-refractivity contribution in [2.75, 3.05) is 14.2 Å². The Morgan fingerprint density at radius 1 is 0.532 bits per heavy atom. The van der Waals surface area contributed by atoms with E-state index in [9.17, 15) is 49.6 Å². The fourth-order valence-electron chi connectivity index (χ4n) is 2.47. The topological polar surface area (TPSA) is 319 Å². The molecule has 0 aliphatic rings. The molecule has 0 saturated carbocycles. The predicted molar refractivity (Wildman–Crippen MR) is 157 cm³/mol. The van der Waals surface area contributed by atoms with Crippen molar-refractivity contribution in [1.82, 2.24) is 9.97 Å². The Bertz CT molecular complexity index is 1340. The average Bonchev–Trinajstić information content (AvgIpc) is 3.08. The van der Waals surface area contributed by atoms with Crippen LogP contribution in [0, 0.1) is 20.2 Å². The third-order valence-electron chi connectivity index (χ3n) is 4.56. The summed E-state index contributed by atoms with van der Waals surface area (Å²) in [6.07, 6.45) is 6.11. The number of nitrogens with zero attached hydrogens (tertiary/aromatic N) is 4. The number of hydrogen-bond acceptors (Lipinski definition) is 14. The summed E-state index contributed by atoms with van der Waals surface area (Å²) < 4.78 is 0. The van der Waals surface area contributed by atoms with Crippen molar-refractivity contribution in [3.05, 3.63) is 140 Å². The summed E-state index contributed by atoms with van der Waals surface area (Å²) in [5.74, 6) is -3.52. The van der Waals surface area contributed by atoms with Crippen molar-refractivity contribution < 1.29 is 68.9 Å². The van der Waals surface area contributed by atoms with Crippen LogP contribution in [0.2, 0.25) is 0 Å². The first-order valence-electron chi connectivity index (χ1n) is 12.0. The standard InChI is InChI=1S/2C7H5NO4.2C6H6N2O.2CH4O.Zn/c2*9-7(10)5-1-3-6(4-2-5)8(11)12;2*7-6(9)5-1-3-8-4-2-5;2*1-2;/h2*1-4H,(H,9,10);2*1-4H,(H2,7,9);2*2H,1H3;/q;;;;;;+2/p-2. The van der Waals surface area contributed by atoms with Gasteiger partial charge in [-0.3, -0.25) is 39.8 Å². The van der Waals surface area contributed by atoms with Gasteiger partial charge in [0.25, 0.3) is 11.4 Å². The first-order chi connectivity index (χ1) is 21.8. The first-order valence-corrected chi connectivity index (χ1v) is 12.0. The molecule has 0 atom stereocenters. The molecule has 0 saturated heterocycles. The first kappa shape index (κ1) is 45.4. The molecular weight excluding hydrogens is 678 g/mol. The summed E-state index contributed by atoms with van der Waals surface area (Å²) in [6, 6.07) is 15.3. The van der Waals surface area contributed by atoms with E-state index < -0.39 is 33.6 Å². The number of non-ortho nitro benzene ring substituents is 2. The van der Waals surface area contributed by atoms with Crippen LogP contribution in [0.25, 0.3) is 0 Å². The van der Waals surface area contributed by atoms with Gasteiger partial charge in [-0.2, -0.15) is 0 Å². The number of nitro benzene ring substituents is 2. The molecule has 0 fully saturated rings. The minimum absolute atomic E-state index is 0. The minimum atomic E-state index is -1.34. The van der Waals surface area contributed by atoms with Gasteiger partial charge in [-0.25, -0.2) is 0 Å². The molecule has 244 valence electrons. The number of carboxylic acids is 2.